The second-order valence-corrected chi connectivity index (χ2v) is 10.2. The summed E-state index contributed by atoms with van der Waals surface area (Å²) in [6, 6.07) is 20.5. The van der Waals surface area contributed by atoms with Crippen molar-refractivity contribution in [1.82, 2.24) is 4.90 Å². The van der Waals surface area contributed by atoms with Crippen LogP contribution in [0.2, 0.25) is 0 Å². The van der Waals surface area contributed by atoms with E-state index in [9.17, 15) is 18.1 Å². The summed E-state index contributed by atoms with van der Waals surface area (Å²) in [6.45, 7) is 1.29. The summed E-state index contributed by atoms with van der Waals surface area (Å²) >= 11 is 0. The van der Waals surface area contributed by atoms with Gasteiger partial charge in [0.25, 0.3) is 0 Å². The molecule has 2 aliphatic heterocycles. The Balaban J connectivity index is 1.68. The van der Waals surface area contributed by atoms with Gasteiger partial charge in [0.05, 0.1) is 11.8 Å². The van der Waals surface area contributed by atoms with Gasteiger partial charge in [-0.25, -0.2) is 9.38 Å². The van der Waals surface area contributed by atoms with E-state index in [0.717, 1.165) is 29.4 Å². The Labute approximate surface area is 208 Å². The molecular formula is C26H22FN5O3S. The van der Waals surface area contributed by atoms with E-state index in [2.05, 4.69) is 0 Å². The fourth-order valence-electron chi connectivity index (χ4n) is 4.61. The normalized spacial score (nSPS) is 19.2. The van der Waals surface area contributed by atoms with Crippen LogP contribution in [0.4, 0.5) is 4.39 Å². The zero-order chi connectivity index (χ0) is 25.5. The van der Waals surface area contributed by atoms with Crippen molar-refractivity contribution in [1.29, 1.82) is 5.26 Å². The minimum absolute atomic E-state index is 0.0416. The van der Waals surface area contributed by atoms with Gasteiger partial charge in [-0.05, 0) is 59.0 Å². The molecule has 10 heteroatoms. The molecule has 8 nitrogen and oxygen atoms in total. The number of rotatable bonds is 5. The van der Waals surface area contributed by atoms with Crippen molar-refractivity contribution < 1.29 is 17.0 Å². The van der Waals surface area contributed by atoms with Gasteiger partial charge in [-0.15, -0.1) is 0 Å². The van der Waals surface area contributed by atoms with Gasteiger partial charge >= 0.3 is 10.1 Å². The number of nitrogens with two attached hydrogens (primary N) is 1. The van der Waals surface area contributed by atoms with E-state index in [4.69, 9.17) is 19.9 Å². The van der Waals surface area contributed by atoms with Gasteiger partial charge < -0.3 is 9.92 Å². The predicted molar refractivity (Wildman–Crippen MR) is 134 cm³/mol. The molecule has 3 aromatic carbocycles. The van der Waals surface area contributed by atoms with Crippen LogP contribution < -0.4 is 9.92 Å². The van der Waals surface area contributed by atoms with Crippen LogP contribution in [0, 0.1) is 17.1 Å². The van der Waals surface area contributed by atoms with E-state index in [0.29, 0.717) is 30.4 Å². The highest BCUT2D eigenvalue weighted by atomic mass is 32.2. The number of nitrogens with zero attached hydrogens (tertiary/aromatic N) is 4. The summed E-state index contributed by atoms with van der Waals surface area (Å²) in [5.74, 6) is 0.615. The average Bonchev–Trinajstić information content (AvgIpc) is 3.17. The number of hydrogen-bond donors (Lipinski definition) is 1. The molecule has 0 spiro atoms. The molecule has 0 aromatic heterocycles. The number of guanidine groups is 1. The van der Waals surface area contributed by atoms with E-state index >= 15 is 0 Å². The molecule has 5 rings (SSSR count). The monoisotopic (exact) mass is 503 g/mol. The number of benzene rings is 3. The molecular weight excluding hydrogens is 481 g/mol. The lowest BCUT2D eigenvalue weighted by molar-refractivity contribution is 0.492. The second-order valence-electron chi connectivity index (χ2n) is 8.59. The lowest BCUT2D eigenvalue weighted by atomic mass is 9.81. The van der Waals surface area contributed by atoms with Crippen molar-refractivity contribution >= 4 is 21.9 Å². The minimum atomic E-state index is -3.68. The topological polar surface area (TPSA) is 121 Å². The SMILES string of the molecule is CS(=O)(=O)Oc1ccc(C2(c3cccc(-c4ccc(F)c(C#N)c4)c3)N=C(N)N3CCCN=C32)cc1. The molecule has 1 atom stereocenters. The molecule has 2 aliphatic rings. The zero-order valence-corrected chi connectivity index (χ0v) is 20.2. The summed E-state index contributed by atoms with van der Waals surface area (Å²) in [6.07, 6.45) is 1.82. The number of amidine groups is 1. The summed E-state index contributed by atoms with van der Waals surface area (Å²) in [7, 11) is -3.68. The first-order chi connectivity index (χ1) is 17.2. The summed E-state index contributed by atoms with van der Waals surface area (Å²) in [5, 5.41) is 9.27. The Morgan fingerprint density at radius 2 is 1.83 bits per heavy atom. The molecule has 1 unspecified atom stereocenters. The largest absolute Gasteiger partial charge is 0.383 e. The van der Waals surface area contributed by atoms with Crippen LogP contribution in [0.25, 0.3) is 11.1 Å². The molecule has 36 heavy (non-hydrogen) atoms. The Morgan fingerprint density at radius 1 is 1.08 bits per heavy atom. The highest BCUT2D eigenvalue weighted by molar-refractivity contribution is 7.86. The van der Waals surface area contributed by atoms with Gasteiger partial charge in [-0.1, -0.05) is 36.4 Å². The zero-order valence-electron chi connectivity index (χ0n) is 19.3. The maximum Gasteiger partial charge on any atom is 0.306 e. The smallest absolute Gasteiger partial charge is 0.306 e. The molecule has 0 bridgehead atoms. The number of halogens is 1. The second kappa shape index (κ2) is 8.77. The molecule has 3 aromatic rings. The van der Waals surface area contributed by atoms with Gasteiger partial charge in [0.1, 0.15) is 23.5 Å². The number of fused-ring (bicyclic) bond motifs is 1. The Kier molecular flexibility index (Phi) is 5.73. The quantitative estimate of drug-likeness (QED) is 0.533. The highest BCUT2D eigenvalue weighted by Crippen LogP contribution is 2.43. The molecule has 182 valence electrons. The third kappa shape index (κ3) is 4.07. The Hall–Kier alpha value is -4.23. The third-order valence-corrected chi connectivity index (χ3v) is 6.65. The van der Waals surface area contributed by atoms with Crippen molar-refractivity contribution in [3.63, 3.8) is 0 Å². The maximum atomic E-state index is 13.9. The van der Waals surface area contributed by atoms with E-state index in [1.165, 1.54) is 12.1 Å². The summed E-state index contributed by atoms with van der Waals surface area (Å²) in [5.41, 5.74) is 8.19. The van der Waals surface area contributed by atoms with Crippen molar-refractivity contribution in [2.75, 3.05) is 19.3 Å². The van der Waals surface area contributed by atoms with Crippen molar-refractivity contribution in [2.24, 2.45) is 15.7 Å². The molecule has 0 radical (unpaired) electrons. The number of nitriles is 1. The lowest BCUT2D eigenvalue weighted by Crippen LogP contribution is -2.46. The Morgan fingerprint density at radius 3 is 2.56 bits per heavy atom. The van der Waals surface area contributed by atoms with Crippen LogP contribution in [0.15, 0.2) is 76.7 Å². The van der Waals surface area contributed by atoms with E-state index in [-0.39, 0.29) is 11.3 Å². The Bertz CT molecular complexity index is 1560. The van der Waals surface area contributed by atoms with Gasteiger partial charge in [-0.2, -0.15) is 13.7 Å². The van der Waals surface area contributed by atoms with Gasteiger partial charge in [0.2, 0.25) is 0 Å². The fraction of sp³-hybridized carbons (Fsp3) is 0.192. The maximum absolute atomic E-state index is 13.9. The first kappa shape index (κ1) is 23.5. The van der Waals surface area contributed by atoms with Gasteiger partial charge in [0, 0.05) is 13.1 Å². The molecule has 0 fully saturated rings. The molecule has 0 amide bonds. The molecule has 0 saturated carbocycles. The van der Waals surface area contributed by atoms with Crippen LogP contribution in [-0.4, -0.2) is 44.5 Å². The minimum Gasteiger partial charge on any atom is -0.383 e. The molecule has 2 heterocycles. The first-order valence-corrected chi connectivity index (χ1v) is 13.0. The number of hydrogen-bond acceptors (Lipinski definition) is 8. The van der Waals surface area contributed by atoms with E-state index in [1.54, 1.807) is 30.3 Å². The van der Waals surface area contributed by atoms with Crippen LogP contribution in [0.5, 0.6) is 5.75 Å². The summed E-state index contributed by atoms with van der Waals surface area (Å²) in [4.78, 5) is 11.6. The standard InChI is InChI=1S/C26H22FN5O3S/c1-36(33,34)35-22-9-7-20(8-10-22)26(24-30-12-3-13-32(24)25(29)31-26)21-5-2-4-17(15-21)18-6-11-23(27)19(14-18)16-28/h2,4-11,14-15H,3,12-13H2,1H3,(H2,29,31). The highest BCUT2D eigenvalue weighted by Gasteiger charge is 2.49. The van der Waals surface area contributed by atoms with Gasteiger partial charge in [0.15, 0.2) is 11.5 Å². The van der Waals surface area contributed by atoms with Crippen molar-refractivity contribution in [3.05, 3.63) is 89.2 Å². The van der Waals surface area contributed by atoms with Crippen LogP contribution >= 0.6 is 0 Å². The van der Waals surface area contributed by atoms with E-state index in [1.807, 2.05) is 35.2 Å². The fourth-order valence-corrected chi connectivity index (χ4v) is 5.08. The third-order valence-electron chi connectivity index (χ3n) is 6.16. The average molecular weight is 504 g/mol. The molecule has 0 aliphatic carbocycles. The molecule has 2 N–H and O–H groups in total. The predicted octanol–water partition coefficient (Wildman–Crippen LogP) is 3.38. The summed E-state index contributed by atoms with van der Waals surface area (Å²) < 4.78 is 42.1. The lowest BCUT2D eigenvalue weighted by Gasteiger charge is -2.33. The number of aliphatic imine (C=N–C) groups is 2. The van der Waals surface area contributed by atoms with Crippen LogP contribution in [-0.2, 0) is 15.7 Å². The van der Waals surface area contributed by atoms with Crippen molar-refractivity contribution in [3.8, 4) is 22.9 Å². The van der Waals surface area contributed by atoms with E-state index < -0.39 is 21.5 Å². The van der Waals surface area contributed by atoms with Crippen molar-refractivity contribution in [2.45, 2.75) is 12.0 Å². The van der Waals surface area contributed by atoms with Crippen LogP contribution in [0.1, 0.15) is 23.1 Å². The van der Waals surface area contributed by atoms with Crippen LogP contribution in [0.3, 0.4) is 0 Å². The van der Waals surface area contributed by atoms with Gasteiger partial charge in [-0.3, -0.25) is 9.89 Å². The first-order valence-electron chi connectivity index (χ1n) is 11.2. The molecule has 0 saturated heterocycles.